The molecule has 0 saturated carbocycles. The molecule has 0 aliphatic heterocycles. The summed E-state index contributed by atoms with van der Waals surface area (Å²) in [4.78, 5) is 26.2. The van der Waals surface area contributed by atoms with Crippen molar-refractivity contribution in [3.8, 4) is 0 Å². The second-order valence-electron chi connectivity index (χ2n) is 5.76. The van der Waals surface area contributed by atoms with Gasteiger partial charge in [0, 0.05) is 18.3 Å². The number of carbonyl (C=O) groups excluding carboxylic acids is 1. The summed E-state index contributed by atoms with van der Waals surface area (Å²) in [7, 11) is 0. The first-order valence-electron chi connectivity index (χ1n) is 7.29. The van der Waals surface area contributed by atoms with Crippen molar-refractivity contribution in [1.82, 2.24) is 19.9 Å². The minimum absolute atomic E-state index is 0.112. The zero-order valence-corrected chi connectivity index (χ0v) is 15.0. The van der Waals surface area contributed by atoms with Crippen molar-refractivity contribution in [2.75, 3.05) is 0 Å². The number of fused-ring (bicyclic) bond motifs is 1. The molecule has 1 amide bonds. The van der Waals surface area contributed by atoms with Gasteiger partial charge in [-0.2, -0.15) is 0 Å². The van der Waals surface area contributed by atoms with Gasteiger partial charge in [-0.15, -0.1) is 0 Å². The normalized spacial score (nSPS) is 13.1. The summed E-state index contributed by atoms with van der Waals surface area (Å²) in [5.74, 6) is 0.112. The number of nitrogens with one attached hydrogen (secondary N) is 1. The zero-order chi connectivity index (χ0) is 16.4. The highest BCUT2D eigenvalue weighted by atomic mass is 35.5. The summed E-state index contributed by atoms with van der Waals surface area (Å²) in [6, 6.07) is 2.13. The third-order valence-electron chi connectivity index (χ3n) is 3.29. The van der Waals surface area contributed by atoms with E-state index >= 15 is 0 Å². The number of halogens is 1. The summed E-state index contributed by atoms with van der Waals surface area (Å²) in [5.41, 5.74) is 1.38. The number of thioether (sulfide) groups is 1. The molecule has 2 rings (SSSR count). The quantitative estimate of drug-likeness (QED) is 0.842. The predicted molar refractivity (Wildman–Crippen MR) is 91.3 cm³/mol. The Kier molecular flexibility index (Phi) is 5.34. The largest absolute Gasteiger partial charge is 0.337 e. The SMILES string of the molecule is CC(C)N(C(=O)[C@@H](C)Sc1nc2ncc(Cl)cc2[nH]1)C(C)C. The average Bonchev–Trinajstić information content (AvgIpc) is 2.78. The number of hydrogen-bond donors (Lipinski definition) is 1. The number of aromatic amines is 1. The van der Waals surface area contributed by atoms with Crippen LogP contribution >= 0.6 is 23.4 Å². The van der Waals surface area contributed by atoms with Gasteiger partial charge in [0.2, 0.25) is 5.91 Å². The lowest BCUT2D eigenvalue weighted by Crippen LogP contribution is -2.45. The van der Waals surface area contributed by atoms with Crippen LogP contribution in [0.25, 0.3) is 11.2 Å². The Hall–Kier alpha value is -1.27. The molecule has 0 aromatic carbocycles. The van der Waals surface area contributed by atoms with Gasteiger partial charge >= 0.3 is 0 Å². The van der Waals surface area contributed by atoms with Crippen LogP contribution in [0.3, 0.4) is 0 Å². The van der Waals surface area contributed by atoms with Crippen LogP contribution in [0, 0.1) is 0 Å². The molecule has 1 N–H and O–H groups in total. The summed E-state index contributed by atoms with van der Waals surface area (Å²) < 4.78 is 0. The third-order valence-corrected chi connectivity index (χ3v) is 4.46. The van der Waals surface area contributed by atoms with Gasteiger partial charge in [-0.25, -0.2) is 9.97 Å². The number of aromatic nitrogens is 3. The highest BCUT2D eigenvalue weighted by Gasteiger charge is 2.26. The van der Waals surface area contributed by atoms with E-state index in [9.17, 15) is 4.79 Å². The van der Waals surface area contributed by atoms with Crippen LogP contribution < -0.4 is 0 Å². The highest BCUT2D eigenvalue weighted by Crippen LogP contribution is 2.26. The van der Waals surface area contributed by atoms with Crippen molar-refractivity contribution in [3.05, 3.63) is 17.3 Å². The topological polar surface area (TPSA) is 61.9 Å². The number of pyridine rings is 1. The Morgan fingerprint density at radius 2 is 1.91 bits per heavy atom. The van der Waals surface area contributed by atoms with Gasteiger partial charge in [-0.05, 0) is 40.7 Å². The van der Waals surface area contributed by atoms with Crippen LogP contribution in [0.4, 0.5) is 0 Å². The summed E-state index contributed by atoms with van der Waals surface area (Å²) in [6.07, 6.45) is 1.56. The van der Waals surface area contributed by atoms with E-state index in [4.69, 9.17) is 11.6 Å². The smallest absolute Gasteiger partial charge is 0.236 e. The van der Waals surface area contributed by atoms with Crippen LogP contribution in [-0.2, 0) is 4.79 Å². The molecule has 120 valence electrons. The van der Waals surface area contributed by atoms with Gasteiger partial charge in [-0.1, -0.05) is 23.4 Å². The molecular weight excluding hydrogens is 320 g/mol. The summed E-state index contributed by atoms with van der Waals surface area (Å²) in [6.45, 7) is 10.0. The molecule has 0 radical (unpaired) electrons. The average molecular weight is 341 g/mol. The van der Waals surface area contributed by atoms with Crippen LogP contribution in [0.15, 0.2) is 17.4 Å². The number of imidazole rings is 1. The Bertz CT molecular complexity index is 663. The van der Waals surface area contributed by atoms with Crippen LogP contribution in [0.2, 0.25) is 5.02 Å². The fraction of sp³-hybridized carbons (Fsp3) is 0.533. The number of H-pyrrole nitrogens is 1. The van der Waals surface area contributed by atoms with E-state index in [1.54, 1.807) is 12.3 Å². The monoisotopic (exact) mass is 340 g/mol. The summed E-state index contributed by atoms with van der Waals surface area (Å²) >= 11 is 7.32. The standard InChI is InChI=1S/C15H21ClN4OS/c1-8(2)20(9(3)4)14(21)10(5)22-15-18-12-6-11(16)7-17-13(12)19-15/h6-10H,1-5H3,(H,17,18,19)/t10-/m1/s1. The number of nitrogens with zero attached hydrogens (tertiary/aromatic N) is 3. The zero-order valence-electron chi connectivity index (χ0n) is 13.4. The Labute approximate surface area is 139 Å². The molecule has 1 atom stereocenters. The van der Waals surface area contributed by atoms with E-state index in [1.165, 1.54) is 11.8 Å². The fourth-order valence-electron chi connectivity index (χ4n) is 2.44. The number of carbonyl (C=O) groups is 1. The molecule has 0 aliphatic rings. The lowest BCUT2D eigenvalue weighted by molar-refractivity contribution is -0.133. The van der Waals surface area contributed by atoms with Crippen molar-refractivity contribution in [2.24, 2.45) is 0 Å². The molecule has 0 spiro atoms. The lowest BCUT2D eigenvalue weighted by atomic mass is 10.2. The van der Waals surface area contributed by atoms with Crippen molar-refractivity contribution >= 4 is 40.4 Å². The van der Waals surface area contributed by atoms with Gasteiger partial charge in [0.05, 0.1) is 15.8 Å². The maximum atomic E-state index is 12.6. The van der Waals surface area contributed by atoms with Crippen molar-refractivity contribution < 1.29 is 4.79 Å². The molecule has 0 bridgehead atoms. The highest BCUT2D eigenvalue weighted by molar-refractivity contribution is 8.00. The number of amides is 1. The van der Waals surface area contributed by atoms with Crippen molar-refractivity contribution in [2.45, 2.75) is 57.1 Å². The molecule has 2 heterocycles. The molecule has 0 unspecified atom stereocenters. The fourth-order valence-corrected chi connectivity index (χ4v) is 3.46. The van der Waals surface area contributed by atoms with E-state index in [2.05, 4.69) is 15.0 Å². The molecule has 5 nitrogen and oxygen atoms in total. The first kappa shape index (κ1) is 17.1. The molecule has 0 fully saturated rings. The van der Waals surface area contributed by atoms with Gasteiger partial charge in [0.15, 0.2) is 10.8 Å². The minimum Gasteiger partial charge on any atom is -0.337 e. The maximum Gasteiger partial charge on any atom is 0.236 e. The number of hydrogen-bond acceptors (Lipinski definition) is 4. The van der Waals surface area contributed by atoms with E-state index in [0.717, 1.165) is 5.52 Å². The van der Waals surface area contributed by atoms with E-state index in [1.807, 2.05) is 39.5 Å². The Morgan fingerprint density at radius 3 is 2.50 bits per heavy atom. The van der Waals surface area contributed by atoms with Crippen molar-refractivity contribution in [1.29, 1.82) is 0 Å². The number of rotatable bonds is 5. The van der Waals surface area contributed by atoms with Crippen LogP contribution in [0.5, 0.6) is 0 Å². The third kappa shape index (κ3) is 3.73. The van der Waals surface area contributed by atoms with Gasteiger partial charge in [-0.3, -0.25) is 4.79 Å². The first-order chi connectivity index (χ1) is 10.3. The van der Waals surface area contributed by atoms with Gasteiger partial charge in [0.1, 0.15) is 0 Å². The molecule has 2 aromatic heterocycles. The van der Waals surface area contributed by atoms with Crippen LogP contribution in [-0.4, -0.2) is 43.1 Å². The minimum atomic E-state index is -0.221. The Balaban J connectivity index is 2.15. The first-order valence-corrected chi connectivity index (χ1v) is 8.55. The van der Waals surface area contributed by atoms with E-state index < -0.39 is 0 Å². The molecule has 22 heavy (non-hydrogen) atoms. The summed E-state index contributed by atoms with van der Waals surface area (Å²) in [5, 5.41) is 1.02. The second kappa shape index (κ2) is 6.87. The molecule has 7 heteroatoms. The van der Waals surface area contributed by atoms with E-state index in [0.29, 0.717) is 15.8 Å². The maximum absolute atomic E-state index is 12.6. The molecule has 0 saturated heterocycles. The van der Waals surface area contributed by atoms with Crippen molar-refractivity contribution in [3.63, 3.8) is 0 Å². The Morgan fingerprint density at radius 1 is 1.27 bits per heavy atom. The van der Waals surface area contributed by atoms with Gasteiger partial charge < -0.3 is 9.88 Å². The van der Waals surface area contributed by atoms with Gasteiger partial charge in [0.25, 0.3) is 0 Å². The predicted octanol–water partition coefficient (Wildman–Crippen LogP) is 3.74. The molecule has 0 aliphatic carbocycles. The van der Waals surface area contributed by atoms with E-state index in [-0.39, 0.29) is 23.2 Å². The molecular formula is C15H21ClN4OS. The van der Waals surface area contributed by atoms with Crippen LogP contribution in [0.1, 0.15) is 34.6 Å². The lowest BCUT2D eigenvalue weighted by Gasteiger charge is -2.32. The second-order valence-corrected chi connectivity index (χ2v) is 7.53. The molecule has 2 aromatic rings.